The van der Waals surface area contributed by atoms with E-state index >= 15 is 0 Å². The third-order valence-corrected chi connectivity index (χ3v) is 0.781. The van der Waals surface area contributed by atoms with Crippen molar-refractivity contribution in [1.29, 1.82) is 0 Å². The SMILES string of the molecule is O=C(O)CCCC(=O)O.[Ag].[Ag]. The third-order valence-electron chi connectivity index (χ3n) is 0.781. The molecule has 0 saturated heterocycles. The standard InChI is InChI=1S/C5H8O4.2Ag/c6-4(7)2-1-3-5(8)9;;/h1-3H2,(H,6,7)(H,8,9);;. The van der Waals surface area contributed by atoms with E-state index in [1.165, 1.54) is 0 Å². The quantitative estimate of drug-likeness (QED) is 0.718. The number of carboxylic acids is 2. The fraction of sp³-hybridized carbons (Fsp3) is 0.600. The van der Waals surface area contributed by atoms with Crippen LogP contribution in [0.25, 0.3) is 0 Å². The molecule has 6 heteroatoms. The Morgan fingerprint density at radius 2 is 1.18 bits per heavy atom. The van der Waals surface area contributed by atoms with Crippen LogP contribution in [0.4, 0.5) is 0 Å². The third kappa shape index (κ3) is 17.9. The van der Waals surface area contributed by atoms with E-state index in [4.69, 9.17) is 10.2 Å². The summed E-state index contributed by atoms with van der Waals surface area (Å²) < 4.78 is 0. The molecular weight excluding hydrogens is 340 g/mol. The van der Waals surface area contributed by atoms with Gasteiger partial charge in [0.05, 0.1) is 0 Å². The maximum absolute atomic E-state index is 9.79. The molecule has 0 aliphatic rings. The molecule has 0 amide bonds. The van der Waals surface area contributed by atoms with Crippen molar-refractivity contribution in [3.8, 4) is 0 Å². The summed E-state index contributed by atoms with van der Waals surface area (Å²) >= 11 is 0. The number of carbonyl (C=O) groups is 2. The molecule has 4 nitrogen and oxygen atoms in total. The predicted octanol–water partition coefficient (Wildman–Crippen LogP) is 0.321. The molecule has 0 rings (SSSR count). The van der Waals surface area contributed by atoms with Gasteiger partial charge in [-0.1, -0.05) is 0 Å². The number of hydrogen-bond donors (Lipinski definition) is 2. The van der Waals surface area contributed by atoms with Crippen LogP contribution in [0.15, 0.2) is 0 Å². The average molecular weight is 348 g/mol. The number of rotatable bonds is 4. The zero-order chi connectivity index (χ0) is 7.28. The van der Waals surface area contributed by atoms with Gasteiger partial charge in [0.1, 0.15) is 0 Å². The Bertz CT molecular complexity index is 112. The largest absolute Gasteiger partial charge is 0.481 e. The van der Waals surface area contributed by atoms with Crippen LogP contribution in [0.3, 0.4) is 0 Å². The summed E-state index contributed by atoms with van der Waals surface area (Å²) in [5.74, 6) is -1.90. The molecule has 0 aromatic heterocycles. The van der Waals surface area contributed by atoms with Crippen molar-refractivity contribution < 1.29 is 64.6 Å². The van der Waals surface area contributed by atoms with E-state index in [-0.39, 0.29) is 64.0 Å². The summed E-state index contributed by atoms with van der Waals surface area (Å²) in [4.78, 5) is 19.6. The molecular formula is C5H8Ag2O4. The van der Waals surface area contributed by atoms with E-state index in [1.54, 1.807) is 0 Å². The number of carboxylic acid groups (broad SMARTS) is 2. The van der Waals surface area contributed by atoms with Gasteiger partial charge in [-0.2, -0.15) is 0 Å². The molecule has 0 unspecified atom stereocenters. The van der Waals surface area contributed by atoms with Gasteiger partial charge in [0.15, 0.2) is 0 Å². The Morgan fingerprint density at radius 1 is 0.909 bits per heavy atom. The van der Waals surface area contributed by atoms with E-state index in [9.17, 15) is 9.59 Å². The minimum atomic E-state index is -0.948. The Balaban J connectivity index is -0.000000320. The molecule has 0 bridgehead atoms. The molecule has 0 spiro atoms. The van der Waals surface area contributed by atoms with Gasteiger partial charge in [0, 0.05) is 57.6 Å². The molecule has 2 radical (unpaired) electrons. The van der Waals surface area contributed by atoms with Crippen LogP contribution < -0.4 is 0 Å². The summed E-state index contributed by atoms with van der Waals surface area (Å²) in [6, 6.07) is 0. The first kappa shape index (κ1) is 17.5. The Hall–Kier alpha value is 0.421. The van der Waals surface area contributed by atoms with Crippen molar-refractivity contribution in [3.05, 3.63) is 0 Å². The van der Waals surface area contributed by atoms with Gasteiger partial charge >= 0.3 is 11.9 Å². The van der Waals surface area contributed by atoms with Crippen LogP contribution in [0.2, 0.25) is 0 Å². The van der Waals surface area contributed by atoms with E-state index in [0.29, 0.717) is 0 Å². The van der Waals surface area contributed by atoms with Crippen LogP contribution in [0.1, 0.15) is 19.3 Å². The predicted molar refractivity (Wildman–Crippen MR) is 29.1 cm³/mol. The smallest absolute Gasteiger partial charge is 0.303 e. The summed E-state index contributed by atoms with van der Waals surface area (Å²) in [5.41, 5.74) is 0. The van der Waals surface area contributed by atoms with Crippen molar-refractivity contribution >= 4 is 11.9 Å². The summed E-state index contributed by atoms with van der Waals surface area (Å²) in [7, 11) is 0. The van der Waals surface area contributed by atoms with Crippen LogP contribution in [-0.4, -0.2) is 22.2 Å². The maximum Gasteiger partial charge on any atom is 0.303 e. The van der Waals surface area contributed by atoms with Gasteiger partial charge in [-0.05, 0) is 6.42 Å². The summed E-state index contributed by atoms with van der Waals surface area (Å²) in [6.07, 6.45) is 0.0866. The summed E-state index contributed by atoms with van der Waals surface area (Å²) in [6.45, 7) is 0. The Labute approximate surface area is 95.4 Å². The van der Waals surface area contributed by atoms with Crippen LogP contribution in [-0.2, 0) is 54.3 Å². The average Bonchev–Trinajstić information content (AvgIpc) is 1.63. The molecule has 0 aliphatic carbocycles. The van der Waals surface area contributed by atoms with Crippen molar-refractivity contribution in [3.63, 3.8) is 0 Å². The monoisotopic (exact) mass is 346 g/mol. The first-order valence-corrected chi connectivity index (χ1v) is 2.56. The fourth-order valence-electron chi connectivity index (χ4n) is 0.391. The second kappa shape index (κ2) is 10.4. The molecule has 0 heterocycles. The zero-order valence-electron chi connectivity index (χ0n) is 5.44. The molecule has 0 aromatic carbocycles. The molecule has 0 fully saturated rings. The topological polar surface area (TPSA) is 74.6 Å². The zero-order valence-corrected chi connectivity index (χ0v) is 8.40. The van der Waals surface area contributed by atoms with Gasteiger partial charge in [0.2, 0.25) is 0 Å². The molecule has 0 atom stereocenters. The minimum Gasteiger partial charge on any atom is -0.481 e. The van der Waals surface area contributed by atoms with Crippen molar-refractivity contribution in [2.45, 2.75) is 19.3 Å². The van der Waals surface area contributed by atoms with Gasteiger partial charge in [-0.25, -0.2) is 0 Å². The molecule has 0 aliphatic heterocycles. The van der Waals surface area contributed by atoms with E-state index in [0.717, 1.165) is 0 Å². The van der Waals surface area contributed by atoms with Gasteiger partial charge < -0.3 is 10.2 Å². The van der Waals surface area contributed by atoms with E-state index in [2.05, 4.69) is 0 Å². The number of aliphatic carboxylic acids is 2. The first-order chi connectivity index (χ1) is 4.13. The van der Waals surface area contributed by atoms with E-state index < -0.39 is 11.9 Å². The molecule has 0 aromatic rings. The van der Waals surface area contributed by atoms with Gasteiger partial charge in [0.25, 0.3) is 0 Å². The van der Waals surface area contributed by atoms with E-state index in [1.807, 2.05) is 0 Å². The van der Waals surface area contributed by atoms with Crippen LogP contribution >= 0.6 is 0 Å². The normalized spacial score (nSPS) is 7.27. The first-order valence-electron chi connectivity index (χ1n) is 2.56. The van der Waals surface area contributed by atoms with Gasteiger partial charge in [-0.15, -0.1) is 0 Å². The second-order valence-electron chi connectivity index (χ2n) is 1.64. The van der Waals surface area contributed by atoms with Crippen molar-refractivity contribution in [2.24, 2.45) is 0 Å². The number of hydrogen-bond acceptors (Lipinski definition) is 2. The molecule has 74 valence electrons. The Morgan fingerprint density at radius 3 is 1.36 bits per heavy atom. The minimum absolute atomic E-state index is 0. The van der Waals surface area contributed by atoms with Crippen molar-refractivity contribution in [1.82, 2.24) is 0 Å². The maximum atomic E-state index is 9.79. The van der Waals surface area contributed by atoms with Crippen molar-refractivity contribution in [2.75, 3.05) is 0 Å². The summed E-state index contributed by atoms with van der Waals surface area (Å²) in [5, 5.41) is 16.1. The molecule has 2 N–H and O–H groups in total. The molecule has 0 saturated carbocycles. The Kier molecular flexibility index (Phi) is 16.6. The van der Waals surface area contributed by atoms with Crippen LogP contribution in [0, 0.1) is 0 Å². The fourth-order valence-corrected chi connectivity index (χ4v) is 0.391. The van der Waals surface area contributed by atoms with Gasteiger partial charge in [-0.3, -0.25) is 9.59 Å². The van der Waals surface area contributed by atoms with Crippen LogP contribution in [0.5, 0.6) is 0 Å². The molecule has 11 heavy (non-hydrogen) atoms. The second-order valence-corrected chi connectivity index (χ2v) is 1.64.